The molecule has 0 saturated heterocycles. The van der Waals surface area contributed by atoms with Crippen LogP contribution < -0.4 is 0 Å². The molecule has 2 N–H and O–H groups in total. The molecule has 1 rings (SSSR count). The Hall–Kier alpha value is -0.920. The number of aliphatic hydroxyl groups is 2. The molecule has 0 spiro atoms. The number of hydrogen-bond donors (Lipinski definition) is 2. The summed E-state index contributed by atoms with van der Waals surface area (Å²) in [6.07, 6.45) is 6.99. The first kappa shape index (κ1) is 9.17. The van der Waals surface area contributed by atoms with Gasteiger partial charge in [0, 0.05) is 12.5 Å². The van der Waals surface area contributed by atoms with Gasteiger partial charge >= 0.3 is 0 Å². The number of allylic oxidation sites excluding steroid dienone is 3. The highest BCUT2D eigenvalue weighted by Crippen LogP contribution is 2.24. The summed E-state index contributed by atoms with van der Waals surface area (Å²) in [5.41, 5.74) is 1.04. The second-order valence-corrected chi connectivity index (χ2v) is 3.07. The quantitative estimate of drug-likeness (QED) is 0.678. The molecule has 0 unspecified atom stereocenters. The molecule has 2 nitrogen and oxygen atoms in total. The Kier molecular flexibility index (Phi) is 3.20. The van der Waals surface area contributed by atoms with Gasteiger partial charge in [0.1, 0.15) is 11.5 Å². The zero-order valence-corrected chi connectivity index (χ0v) is 7.38. The fraction of sp³-hybridized carbons (Fsp3) is 0.500. The van der Waals surface area contributed by atoms with Gasteiger partial charge < -0.3 is 10.2 Å². The maximum Gasteiger partial charge on any atom is 0.118 e. The topological polar surface area (TPSA) is 40.5 Å². The predicted octanol–water partition coefficient (Wildman–Crippen LogP) is 3.04. The molecule has 1 aliphatic rings. The molecule has 0 bridgehead atoms. The monoisotopic (exact) mass is 167 g/mol. The second-order valence-electron chi connectivity index (χ2n) is 3.07. The normalized spacial score (nSPS) is 17.9. The van der Waals surface area contributed by atoms with Crippen molar-refractivity contribution in [2.75, 3.05) is 0 Å². The maximum atomic E-state index is 9.39. The molecule has 67 valence electrons. The average molecular weight is 167 g/mol. The van der Waals surface area contributed by atoms with Crippen molar-refractivity contribution in [2.24, 2.45) is 0 Å². The van der Waals surface area contributed by atoms with E-state index in [1.807, 2.05) is 0 Å². The van der Waals surface area contributed by atoms with Crippen LogP contribution in [0.5, 0.6) is 0 Å². The highest BCUT2D eigenvalue weighted by atomic mass is 16.3. The Morgan fingerprint density at radius 2 is 2.17 bits per heavy atom. The van der Waals surface area contributed by atoms with Crippen LogP contribution in [0.25, 0.3) is 0 Å². The zero-order chi connectivity index (χ0) is 8.97. The van der Waals surface area contributed by atoms with Crippen molar-refractivity contribution in [1.82, 2.24) is 0 Å². The average Bonchev–Trinajstić information content (AvgIpc) is 2.03. The summed E-state index contributed by atoms with van der Waals surface area (Å²) in [4.78, 5) is 0. The summed E-state index contributed by atoms with van der Waals surface area (Å²) < 4.78 is 0. The minimum atomic E-state index is 0.174. The summed E-state index contributed by atoms with van der Waals surface area (Å²) in [5.74, 6) is 0.427. The third kappa shape index (κ3) is 2.29. The lowest BCUT2D eigenvalue weighted by atomic mass is 9.97. The van der Waals surface area contributed by atoms with E-state index in [2.05, 4.69) is 6.92 Å². The summed E-state index contributed by atoms with van der Waals surface area (Å²) in [7, 11) is 0. The number of unbranched alkanes of at least 4 members (excludes halogenated alkanes) is 1. The van der Waals surface area contributed by atoms with E-state index in [1.165, 1.54) is 6.08 Å². The van der Waals surface area contributed by atoms with Gasteiger partial charge in [-0.2, -0.15) is 0 Å². The van der Waals surface area contributed by atoms with E-state index < -0.39 is 0 Å². The number of aliphatic hydroxyl groups excluding tert-OH is 2. The van der Waals surface area contributed by atoms with Gasteiger partial charge in [-0.05, 0) is 24.8 Å². The van der Waals surface area contributed by atoms with E-state index in [0.29, 0.717) is 6.42 Å². The standard InChI is InChI=1S/C10H15O2/c1-2-3-4-8-5-6-9(11)7-10(8)12/h6-7,11-12H,2-5H2,1H3. The minimum absolute atomic E-state index is 0.174. The van der Waals surface area contributed by atoms with Gasteiger partial charge in [0.15, 0.2) is 0 Å². The molecule has 2 heteroatoms. The molecule has 0 aliphatic heterocycles. The Balaban J connectivity index is 2.56. The smallest absolute Gasteiger partial charge is 0.118 e. The molecule has 1 aliphatic carbocycles. The predicted molar refractivity (Wildman–Crippen MR) is 48.8 cm³/mol. The third-order valence-electron chi connectivity index (χ3n) is 2.04. The van der Waals surface area contributed by atoms with Crippen LogP contribution >= 0.6 is 0 Å². The summed E-state index contributed by atoms with van der Waals surface area (Å²) in [5, 5.41) is 18.4. The number of rotatable bonds is 3. The molecule has 0 saturated carbocycles. The van der Waals surface area contributed by atoms with E-state index in [1.54, 1.807) is 6.42 Å². The van der Waals surface area contributed by atoms with Gasteiger partial charge in [-0.15, -0.1) is 0 Å². The molecule has 12 heavy (non-hydrogen) atoms. The first-order chi connectivity index (χ1) is 5.74. The molecule has 0 fully saturated rings. The lowest BCUT2D eigenvalue weighted by Gasteiger charge is -2.12. The Morgan fingerprint density at radius 3 is 2.75 bits per heavy atom. The van der Waals surface area contributed by atoms with Crippen LogP contribution in [-0.2, 0) is 0 Å². The maximum absolute atomic E-state index is 9.39. The highest BCUT2D eigenvalue weighted by molar-refractivity contribution is 5.31. The van der Waals surface area contributed by atoms with Gasteiger partial charge in [0.2, 0.25) is 0 Å². The van der Waals surface area contributed by atoms with Crippen LogP contribution in [0.15, 0.2) is 23.2 Å². The first-order valence-corrected chi connectivity index (χ1v) is 4.39. The van der Waals surface area contributed by atoms with Gasteiger partial charge in [-0.3, -0.25) is 0 Å². The Bertz CT molecular complexity index is 214. The van der Waals surface area contributed by atoms with Crippen LogP contribution in [0.4, 0.5) is 0 Å². The first-order valence-electron chi connectivity index (χ1n) is 4.39. The third-order valence-corrected chi connectivity index (χ3v) is 2.04. The molecule has 1 radical (unpaired) electrons. The fourth-order valence-corrected chi connectivity index (χ4v) is 1.25. The van der Waals surface area contributed by atoms with Crippen LogP contribution in [0, 0.1) is 6.42 Å². The van der Waals surface area contributed by atoms with Crippen molar-refractivity contribution in [2.45, 2.75) is 32.6 Å². The SMILES string of the molecule is CCCCC1=C(O)C=C(O)[CH]C1. The Morgan fingerprint density at radius 1 is 1.42 bits per heavy atom. The van der Waals surface area contributed by atoms with Gasteiger partial charge in [0.25, 0.3) is 0 Å². The molecule has 0 heterocycles. The van der Waals surface area contributed by atoms with Crippen molar-refractivity contribution in [3.8, 4) is 0 Å². The fourth-order valence-electron chi connectivity index (χ4n) is 1.25. The molecule has 0 aromatic carbocycles. The van der Waals surface area contributed by atoms with E-state index in [0.717, 1.165) is 24.8 Å². The molecular weight excluding hydrogens is 152 g/mol. The van der Waals surface area contributed by atoms with Crippen molar-refractivity contribution >= 4 is 0 Å². The minimum Gasteiger partial charge on any atom is -0.512 e. The van der Waals surface area contributed by atoms with Crippen LogP contribution in [0.3, 0.4) is 0 Å². The lowest BCUT2D eigenvalue weighted by molar-refractivity contribution is 0.379. The Labute approximate surface area is 73.2 Å². The molecule has 0 aromatic rings. The summed E-state index contributed by atoms with van der Waals surface area (Å²) in [6, 6.07) is 0. The summed E-state index contributed by atoms with van der Waals surface area (Å²) in [6.45, 7) is 2.12. The molecular formula is C10H15O2. The lowest BCUT2D eigenvalue weighted by Crippen LogP contribution is -1.99. The van der Waals surface area contributed by atoms with E-state index in [4.69, 9.17) is 5.11 Å². The van der Waals surface area contributed by atoms with Crippen molar-refractivity contribution in [3.63, 3.8) is 0 Å². The van der Waals surface area contributed by atoms with Gasteiger partial charge in [-0.1, -0.05) is 13.3 Å². The van der Waals surface area contributed by atoms with Crippen molar-refractivity contribution in [1.29, 1.82) is 0 Å². The van der Waals surface area contributed by atoms with Crippen molar-refractivity contribution in [3.05, 3.63) is 29.6 Å². The second kappa shape index (κ2) is 4.19. The largest absolute Gasteiger partial charge is 0.512 e. The van der Waals surface area contributed by atoms with Crippen molar-refractivity contribution < 1.29 is 10.2 Å². The van der Waals surface area contributed by atoms with Crippen LogP contribution in [0.1, 0.15) is 32.6 Å². The van der Waals surface area contributed by atoms with Crippen LogP contribution in [-0.4, -0.2) is 10.2 Å². The highest BCUT2D eigenvalue weighted by Gasteiger charge is 2.11. The molecule has 0 amide bonds. The zero-order valence-electron chi connectivity index (χ0n) is 7.38. The molecule has 0 aromatic heterocycles. The van der Waals surface area contributed by atoms with Gasteiger partial charge in [0.05, 0.1) is 0 Å². The van der Waals surface area contributed by atoms with E-state index in [-0.39, 0.29) is 11.5 Å². The molecule has 0 atom stereocenters. The van der Waals surface area contributed by atoms with E-state index >= 15 is 0 Å². The number of hydrogen-bond acceptors (Lipinski definition) is 2. The summed E-state index contributed by atoms with van der Waals surface area (Å²) >= 11 is 0. The van der Waals surface area contributed by atoms with E-state index in [9.17, 15) is 5.11 Å². The van der Waals surface area contributed by atoms with Crippen LogP contribution in [0.2, 0.25) is 0 Å². The van der Waals surface area contributed by atoms with Gasteiger partial charge in [-0.25, -0.2) is 0 Å².